The van der Waals surface area contributed by atoms with E-state index in [0.29, 0.717) is 0 Å². The topological polar surface area (TPSA) is 0 Å². The van der Waals surface area contributed by atoms with Gasteiger partial charge < -0.3 is 0 Å². The zero-order valence-electron chi connectivity index (χ0n) is 3.72. The predicted molar refractivity (Wildman–Crippen MR) is 13.8 cm³/mol. The van der Waals surface area contributed by atoms with Crippen LogP contribution in [0.2, 0.25) is 0 Å². The second kappa shape index (κ2) is 1.72. The van der Waals surface area contributed by atoms with Crippen LogP contribution in [-0.4, -0.2) is 21.8 Å². The van der Waals surface area contributed by atoms with E-state index >= 15 is 0 Å². The summed E-state index contributed by atoms with van der Waals surface area (Å²) in [6, 6.07) is 0. The van der Waals surface area contributed by atoms with Crippen molar-refractivity contribution < 1.29 is 18.8 Å². The average molecular weight is 238 g/mol. The molecule has 0 saturated heterocycles. The fraction of sp³-hybridized carbons (Fsp3) is 0. The Labute approximate surface area is 41.2 Å². The Kier molecular flexibility index (Phi) is 1.82. The van der Waals surface area contributed by atoms with Crippen LogP contribution in [0.3, 0.4) is 0 Å². The maximum absolute atomic E-state index is 9.91. The quantitative estimate of drug-likeness (QED) is 0.446. The molecule has 0 nitrogen and oxygen atoms in total. The molecule has 0 heterocycles. The third-order valence-electron chi connectivity index (χ3n) is 0. The Balaban J connectivity index is 0. The zero-order valence-corrected chi connectivity index (χ0v) is 5.27. The second-order valence-corrected chi connectivity index (χ2v) is 4.29. The van der Waals surface area contributed by atoms with Gasteiger partial charge >= 0.3 is 34.4 Å². The Morgan fingerprint density at radius 2 is 1.00 bits per heavy atom. The summed E-state index contributed by atoms with van der Waals surface area (Å²) in [6.45, 7) is 0. The monoisotopic (exact) mass is 237 g/mol. The molecule has 0 rings (SSSR count). The van der Waals surface area contributed by atoms with Crippen molar-refractivity contribution in [3.8, 4) is 0 Å². The molecule has 0 saturated carbocycles. The Hall–Kier alpha value is 0.398. The van der Waals surface area contributed by atoms with Gasteiger partial charge in [-0.1, -0.05) is 0 Å². The van der Waals surface area contributed by atoms with E-state index in [1.165, 1.54) is 0 Å². The molecule has 0 aromatic rings. The van der Waals surface area contributed by atoms with Crippen molar-refractivity contribution in [1.82, 2.24) is 0 Å². The number of rotatable bonds is 0. The van der Waals surface area contributed by atoms with Crippen LogP contribution in [0.25, 0.3) is 0 Å². The van der Waals surface area contributed by atoms with E-state index < -0.39 is 20.3 Å². The van der Waals surface area contributed by atoms with Crippen LogP contribution in [-0.2, 0) is 0 Å². The van der Waals surface area contributed by atoms with Crippen LogP contribution >= 0.6 is 0 Å². The summed E-state index contributed by atoms with van der Waals surface area (Å²) >= 11 is -9.19. The first kappa shape index (κ1) is 7.40. The minimum atomic E-state index is -9.19. The molecule has 0 amide bonds. The molecule has 0 aromatic carbocycles. The second-order valence-electron chi connectivity index (χ2n) is 0.639. The van der Waals surface area contributed by atoms with E-state index in [1.807, 2.05) is 0 Å². The van der Waals surface area contributed by atoms with Gasteiger partial charge in [-0.25, -0.2) is 0 Å². The fourth-order valence-corrected chi connectivity index (χ4v) is 0. The molecule has 0 aliphatic carbocycles. The summed E-state index contributed by atoms with van der Waals surface area (Å²) in [5, 5.41) is 0. The molecule has 0 N–H and O–H groups in total. The first-order chi connectivity index (χ1) is 3.24. The van der Waals surface area contributed by atoms with Crippen molar-refractivity contribution in [3.05, 3.63) is 0 Å². The van der Waals surface area contributed by atoms with E-state index in [2.05, 4.69) is 1.45 Å². The summed E-state index contributed by atoms with van der Waals surface area (Å²) in [7, 11) is 0. The van der Waals surface area contributed by atoms with Crippen LogP contribution in [0, 0.1) is 0 Å². The third-order valence-corrected chi connectivity index (χ3v) is 0. The van der Waals surface area contributed by atoms with Gasteiger partial charge in [0.25, 0.3) is 1.45 Å². The molecule has 7 heteroatoms. The number of hydrogen-bond acceptors (Lipinski definition) is 0. The molecule has 7 heavy (non-hydrogen) atoms. The van der Waals surface area contributed by atoms with Crippen LogP contribution in [0.5, 0.6) is 0 Å². The van der Waals surface area contributed by atoms with Crippen molar-refractivity contribution >= 4 is 20.3 Å². The Morgan fingerprint density at radius 3 is 1.00 bits per heavy atom. The maximum atomic E-state index is 9.91. The van der Waals surface area contributed by atoms with Gasteiger partial charge in [-0.3, -0.25) is 4.72 Å². The van der Waals surface area contributed by atoms with Gasteiger partial charge in [-0.15, -0.1) is 0 Å². The molecular weight excluding hydrogens is 236 g/mol. The van der Waals surface area contributed by atoms with E-state index in [9.17, 15) is 14.1 Å². The first-order valence-corrected chi connectivity index (χ1v) is 5.67. The van der Waals surface area contributed by atoms with Gasteiger partial charge in [0.2, 0.25) is 0 Å². The fourth-order valence-electron chi connectivity index (χ4n) is 0. The molecule has 0 aliphatic heterocycles. The SMILES string of the molecule is [2H]F.[F][Sb]([F])([F])([F])[F]. The standard InChI is InChI=1S/6FH.Sb/h6*1H;/q;;;;;;+5/p-5/i/hD. The molecular formula is HF6Sb. The van der Waals surface area contributed by atoms with Crippen molar-refractivity contribution in [1.29, 1.82) is 1.45 Å². The zero-order chi connectivity index (χ0) is 7.45. The first-order valence-electron chi connectivity index (χ1n) is 1.22. The van der Waals surface area contributed by atoms with E-state index in [4.69, 9.17) is 4.72 Å². The van der Waals surface area contributed by atoms with E-state index in [0.717, 1.165) is 0 Å². The van der Waals surface area contributed by atoms with Crippen LogP contribution in [0.4, 0.5) is 18.8 Å². The Morgan fingerprint density at radius 1 is 1.00 bits per heavy atom. The number of halogens is 6. The summed E-state index contributed by atoms with van der Waals surface area (Å²) in [4.78, 5) is 0. The summed E-state index contributed by atoms with van der Waals surface area (Å²) in [5.74, 6) is 0. The molecule has 0 bridgehead atoms. The van der Waals surface area contributed by atoms with E-state index in [1.54, 1.807) is 0 Å². The number of hydrogen-bond donors (Lipinski definition) is 0. The van der Waals surface area contributed by atoms with Gasteiger partial charge in [0.05, 0.1) is 0 Å². The van der Waals surface area contributed by atoms with Crippen molar-refractivity contribution in [2.45, 2.75) is 0 Å². The van der Waals surface area contributed by atoms with Gasteiger partial charge in [-0.05, 0) is 0 Å². The summed E-state index contributed by atoms with van der Waals surface area (Å²) < 4.78 is 62.6. The molecule has 0 unspecified atom stereocenters. The minimum absolute atomic E-state index is 4.25. The van der Waals surface area contributed by atoms with Gasteiger partial charge in [0, 0.05) is 0 Å². The third kappa shape index (κ3) is 781. The van der Waals surface area contributed by atoms with Crippen molar-refractivity contribution in [2.75, 3.05) is 0 Å². The van der Waals surface area contributed by atoms with Gasteiger partial charge in [0.15, 0.2) is 0 Å². The molecule has 0 spiro atoms. The van der Waals surface area contributed by atoms with Crippen molar-refractivity contribution in [2.24, 2.45) is 0 Å². The predicted octanol–water partition coefficient (Wildman–Crippen LogP) is 1.87. The van der Waals surface area contributed by atoms with Gasteiger partial charge in [-0.2, -0.15) is 0 Å². The summed E-state index contributed by atoms with van der Waals surface area (Å²) in [5.41, 5.74) is 0. The van der Waals surface area contributed by atoms with Crippen LogP contribution < -0.4 is 0 Å². The van der Waals surface area contributed by atoms with Crippen LogP contribution in [0.1, 0.15) is 0 Å². The molecule has 0 atom stereocenters. The molecule has 0 radical (unpaired) electrons. The van der Waals surface area contributed by atoms with Crippen LogP contribution in [0.15, 0.2) is 0 Å². The molecule has 0 aliphatic rings. The average Bonchev–Trinajstić information content (AvgIpc) is 1.33. The Bertz CT molecular complexity index is 41.7. The van der Waals surface area contributed by atoms with Crippen molar-refractivity contribution in [3.63, 3.8) is 0 Å². The molecule has 0 fully saturated rings. The van der Waals surface area contributed by atoms with Gasteiger partial charge in [0.1, 0.15) is 0 Å². The molecule has 48 valence electrons. The van der Waals surface area contributed by atoms with E-state index in [-0.39, 0.29) is 0 Å². The normalized spacial score (nSPS) is 17.4. The molecule has 0 aromatic heterocycles. The summed E-state index contributed by atoms with van der Waals surface area (Å²) in [6.07, 6.45) is 0.